The number of piperazine rings is 1. The van der Waals surface area contributed by atoms with Crippen molar-refractivity contribution in [3.05, 3.63) is 127 Å². The van der Waals surface area contributed by atoms with Crippen molar-refractivity contribution in [3.8, 4) is 0 Å². The maximum absolute atomic E-state index is 13.4. The molecule has 0 atom stereocenters. The molecule has 0 saturated carbocycles. The van der Waals surface area contributed by atoms with Crippen LogP contribution in [-0.4, -0.2) is 117 Å². The SMILES string of the molecule is CC(C)(C)OC(=O)N1CCNCC1.COC(=O)c1cc(F)cc(Br)c1.COC(=O)c1cc(F)cc(N2CCCCC2)c1.O=C(O)c1cc(F)cc(Br)c1.O=C(O)c1cc(F)cc(N2CCCCC2)c1. The molecule has 4 aromatic rings. The number of benzene rings is 4. The Balaban J connectivity index is 0.000000231. The minimum atomic E-state index is -1.13. The van der Waals surface area contributed by atoms with Crippen LogP contribution < -0.4 is 15.1 Å². The van der Waals surface area contributed by atoms with E-state index in [4.69, 9.17) is 14.9 Å². The van der Waals surface area contributed by atoms with Crippen molar-refractivity contribution < 1.29 is 66.0 Å². The van der Waals surface area contributed by atoms with Crippen LogP contribution in [0, 0.1) is 23.3 Å². The summed E-state index contributed by atoms with van der Waals surface area (Å²) < 4.78 is 67.1. The number of carboxylic acids is 2. The number of amides is 1. The van der Waals surface area contributed by atoms with Gasteiger partial charge >= 0.3 is 30.0 Å². The Hall–Kier alpha value is -5.73. The van der Waals surface area contributed by atoms with E-state index in [1.807, 2.05) is 25.7 Å². The number of hydrogen-bond acceptors (Lipinski definition) is 11. The molecule has 14 nitrogen and oxygen atoms in total. The van der Waals surface area contributed by atoms with E-state index in [9.17, 15) is 41.5 Å². The van der Waals surface area contributed by atoms with Gasteiger partial charge in [-0.2, -0.15) is 0 Å². The van der Waals surface area contributed by atoms with Gasteiger partial charge in [-0.1, -0.05) is 31.9 Å². The number of nitrogens with one attached hydrogen (secondary N) is 1. The highest BCUT2D eigenvalue weighted by Gasteiger charge is 2.23. The molecule has 7 rings (SSSR count). The second-order valence-electron chi connectivity index (χ2n) is 16.6. The first-order valence-electron chi connectivity index (χ1n) is 21.9. The molecule has 3 heterocycles. The highest BCUT2D eigenvalue weighted by Crippen LogP contribution is 2.24. The molecule has 0 unspecified atom stereocenters. The van der Waals surface area contributed by atoms with Crippen LogP contribution in [0.3, 0.4) is 0 Å². The fourth-order valence-electron chi connectivity index (χ4n) is 6.82. The standard InChI is InChI=1S/C13H16FNO2.C12H14FNO2.C9H18N2O2.C8H6BrFO2.C7H4BrFO2/c1-17-13(16)10-7-11(14)9-12(8-10)15-5-3-2-4-6-15;13-10-6-9(12(15)16)7-11(8-10)14-4-2-1-3-5-14;1-9(2,3)13-8(12)11-6-4-10-5-7-11;1-12-8(11)5-2-6(9)4-7(10)3-5;8-5-1-4(7(10)11)2-6(9)3-5/h7-9H,2-6H2,1H3;6-8H,1-5H2,(H,15,16);10H,4-7H2,1-3H3;2-4H,1H3;1-3H,(H,10,11). The minimum Gasteiger partial charge on any atom is -0.478 e. The van der Waals surface area contributed by atoms with Crippen molar-refractivity contribution >= 4 is 73.2 Å². The Morgan fingerprint density at radius 3 is 1.25 bits per heavy atom. The van der Waals surface area contributed by atoms with E-state index in [2.05, 4.69) is 51.6 Å². The summed E-state index contributed by atoms with van der Waals surface area (Å²) in [6.07, 6.45) is 6.60. The number of carbonyl (C=O) groups is 5. The van der Waals surface area contributed by atoms with E-state index in [-0.39, 0.29) is 33.9 Å². The molecule has 3 aliphatic rings. The lowest BCUT2D eigenvalue weighted by atomic mass is 10.1. The number of carboxylic acid groups (broad SMARTS) is 2. The number of aromatic carboxylic acids is 2. The number of methoxy groups -OCH3 is 2. The molecule has 1 amide bonds. The summed E-state index contributed by atoms with van der Waals surface area (Å²) in [4.78, 5) is 60.8. The summed E-state index contributed by atoms with van der Waals surface area (Å²) in [5.41, 5.74) is 1.49. The fourth-order valence-corrected chi connectivity index (χ4v) is 7.75. The molecule has 3 aliphatic heterocycles. The van der Waals surface area contributed by atoms with Crippen LogP contribution in [0.5, 0.6) is 0 Å². The third kappa shape index (κ3) is 21.2. The maximum atomic E-state index is 13.4. The Morgan fingerprint density at radius 1 is 0.522 bits per heavy atom. The highest BCUT2D eigenvalue weighted by molar-refractivity contribution is 9.10. The average molecular weight is 1100 g/mol. The molecular formula is C49H58Br2F4N4O10. The molecule has 4 aromatic carbocycles. The fraction of sp³-hybridized carbons (Fsp3) is 0.408. The van der Waals surface area contributed by atoms with Gasteiger partial charge in [0.2, 0.25) is 0 Å². The van der Waals surface area contributed by atoms with Gasteiger partial charge in [0.25, 0.3) is 0 Å². The lowest BCUT2D eigenvalue weighted by Crippen LogP contribution is -2.48. The molecule has 0 radical (unpaired) electrons. The number of hydrogen-bond donors (Lipinski definition) is 3. The van der Waals surface area contributed by atoms with Crippen molar-refractivity contribution in [3.63, 3.8) is 0 Å². The number of carbonyl (C=O) groups excluding carboxylic acids is 3. The number of esters is 2. The van der Waals surface area contributed by atoms with Crippen molar-refractivity contribution in [2.75, 3.05) is 76.4 Å². The van der Waals surface area contributed by atoms with E-state index >= 15 is 0 Å². The van der Waals surface area contributed by atoms with Crippen molar-refractivity contribution in [2.45, 2.75) is 64.9 Å². The molecule has 0 bridgehead atoms. The topological polar surface area (TPSA) is 175 Å². The maximum Gasteiger partial charge on any atom is 0.410 e. The zero-order valence-electron chi connectivity index (χ0n) is 39.1. The monoisotopic (exact) mass is 1100 g/mol. The number of rotatable bonds is 6. The molecule has 20 heteroatoms. The van der Waals surface area contributed by atoms with Crippen molar-refractivity contribution in [1.82, 2.24) is 10.2 Å². The summed E-state index contributed by atoms with van der Waals surface area (Å²) in [5, 5.41) is 20.5. The van der Waals surface area contributed by atoms with Gasteiger partial charge in [-0.15, -0.1) is 0 Å². The summed E-state index contributed by atoms with van der Waals surface area (Å²) in [5.74, 6) is -5.17. The Labute approximate surface area is 416 Å². The van der Waals surface area contributed by atoms with Gasteiger partial charge in [0.05, 0.1) is 36.5 Å². The third-order valence-corrected chi connectivity index (χ3v) is 11.0. The first-order valence-corrected chi connectivity index (χ1v) is 23.5. The molecule has 376 valence electrons. The van der Waals surface area contributed by atoms with Crippen LogP contribution in [0.25, 0.3) is 0 Å². The Morgan fingerprint density at radius 2 is 0.870 bits per heavy atom. The van der Waals surface area contributed by atoms with Crippen molar-refractivity contribution in [2.24, 2.45) is 0 Å². The lowest BCUT2D eigenvalue weighted by Gasteiger charge is -2.30. The molecule has 3 saturated heterocycles. The predicted molar refractivity (Wildman–Crippen MR) is 260 cm³/mol. The van der Waals surface area contributed by atoms with Gasteiger partial charge < -0.3 is 44.4 Å². The van der Waals surface area contributed by atoms with E-state index in [1.165, 1.54) is 75.6 Å². The molecular weight excluding hydrogens is 1040 g/mol. The third-order valence-electron chi connectivity index (χ3n) is 10.0. The van der Waals surface area contributed by atoms with Gasteiger partial charge in [0.1, 0.15) is 28.9 Å². The Bertz CT molecular complexity index is 2310. The molecule has 0 aromatic heterocycles. The molecule has 3 fully saturated rings. The summed E-state index contributed by atoms with van der Waals surface area (Å²) >= 11 is 6.04. The van der Waals surface area contributed by atoms with Gasteiger partial charge in [0, 0.05) is 72.7 Å². The van der Waals surface area contributed by atoms with Crippen LogP contribution in [0.1, 0.15) is 101 Å². The van der Waals surface area contributed by atoms with Crippen LogP contribution in [0.15, 0.2) is 81.7 Å². The van der Waals surface area contributed by atoms with Gasteiger partial charge in [0.15, 0.2) is 0 Å². The lowest BCUT2D eigenvalue weighted by molar-refractivity contribution is 0.0228. The number of piperidine rings is 2. The zero-order chi connectivity index (χ0) is 51.3. The number of anilines is 2. The van der Waals surface area contributed by atoms with Crippen LogP contribution in [-0.2, 0) is 14.2 Å². The van der Waals surface area contributed by atoms with E-state index in [1.54, 1.807) is 11.0 Å². The summed E-state index contributed by atoms with van der Waals surface area (Å²) in [7, 11) is 2.55. The molecule has 0 spiro atoms. The van der Waals surface area contributed by atoms with Crippen LogP contribution in [0.2, 0.25) is 0 Å². The first kappa shape index (κ1) is 57.6. The summed E-state index contributed by atoms with van der Waals surface area (Å²) in [6.45, 7) is 12.5. The van der Waals surface area contributed by atoms with Gasteiger partial charge in [-0.3, -0.25) is 0 Å². The zero-order valence-corrected chi connectivity index (χ0v) is 42.3. The average Bonchev–Trinajstić information content (AvgIpc) is 3.31. The largest absolute Gasteiger partial charge is 0.478 e. The van der Waals surface area contributed by atoms with Crippen LogP contribution in [0.4, 0.5) is 33.7 Å². The first-order chi connectivity index (χ1) is 32.6. The van der Waals surface area contributed by atoms with E-state index < -0.39 is 47.1 Å². The van der Waals surface area contributed by atoms with E-state index in [0.717, 1.165) is 102 Å². The number of ether oxygens (including phenoxy) is 3. The quantitative estimate of drug-likeness (QED) is 0.0946. The normalized spacial score (nSPS) is 14.3. The molecule has 0 aliphatic carbocycles. The smallest absolute Gasteiger partial charge is 0.410 e. The second-order valence-corrected chi connectivity index (χ2v) is 18.5. The molecule has 69 heavy (non-hydrogen) atoms. The van der Waals surface area contributed by atoms with Crippen molar-refractivity contribution in [1.29, 1.82) is 0 Å². The van der Waals surface area contributed by atoms with Gasteiger partial charge in [-0.05, 0) is 132 Å². The van der Waals surface area contributed by atoms with E-state index in [0.29, 0.717) is 14.6 Å². The highest BCUT2D eigenvalue weighted by atomic mass is 79.9. The Kier molecular flexibility index (Phi) is 23.9. The summed E-state index contributed by atoms with van der Waals surface area (Å²) in [6, 6.07) is 15.8. The molecule has 3 N–H and O–H groups in total. The minimum absolute atomic E-state index is 0.0144. The van der Waals surface area contributed by atoms with Gasteiger partial charge in [-0.25, -0.2) is 41.5 Å². The second kappa shape index (κ2) is 28.7. The number of nitrogens with zero attached hydrogens (tertiary/aromatic N) is 3. The predicted octanol–water partition coefficient (Wildman–Crippen LogP) is 10.6. The van der Waals surface area contributed by atoms with Crippen LogP contribution >= 0.6 is 31.9 Å². The number of halogens is 6.